The van der Waals surface area contributed by atoms with Crippen LogP contribution in [-0.4, -0.2) is 29.9 Å². The largest absolute Gasteiger partial charge is 0.341 e. The van der Waals surface area contributed by atoms with Gasteiger partial charge in [0.1, 0.15) is 0 Å². The number of fused-ring (bicyclic) bond motifs is 1. The van der Waals surface area contributed by atoms with Crippen molar-refractivity contribution in [3.05, 3.63) is 0 Å². The van der Waals surface area contributed by atoms with E-state index in [4.69, 9.17) is 5.73 Å². The fraction of sp³-hybridized carbons (Fsp3) is 0.917. The van der Waals surface area contributed by atoms with Crippen LogP contribution in [0.2, 0.25) is 0 Å². The number of carbonyl (C=O) groups is 1. The Morgan fingerprint density at radius 3 is 2.40 bits per heavy atom. The lowest BCUT2D eigenvalue weighted by atomic mass is 10.0. The maximum Gasteiger partial charge on any atom is 0.225 e. The van der Waals surface area contributed by atoms with Crippen molar-refractivity contribution < 1.29 is 4.79 Å². The third kappa shape index (κ3) is 1.57. The molecule has 1 amide bonds. The minimum Gasteiger partial charge on any atom is -0.341 e. The number of hydrogen-bond acceptors (Lipinski definition) is 2. The summed E-state index contributed by atoms with van der Waals surface area (Å²) in [7, 11) is 0. The number of likely N-dealkylation sites (tertiary alicyclic amines) is 1. The van der Waals surface area contributed by atoms with Gasteiger partial charge in [0.15, 0.2) is 0 Å². The lowest BCUT2D eigenvalue weighted by Crippen LogP contribution is -2.36. The van der Waals surface area contributed by atoms with Gasteiger partial charge in [0.25, 0.3) is 0 Å². The third-order valence-electron chi connectivity index (χ3n) is 4.57. The van der Waals surface area contributed by atoms with Crippen LogP contribution >= 0.6 is 0 Å². The first-order chi connectivity index (χ1) is 7.15. The highest BCUT2D eigenvalue weighted by Gasteiger charge is 2.49. The molecular formula is C12H20N2O. The average molecular weight is 208 g/mol. The van der Waals surface area contributed by atoms with Crippen molar-refractivity contribution >= 4 is 5.91 Å². The molecule has 1 aliphatic heterocycles. The van der Waals surface area contributed by atoms with Crippen LogP contribution < -0.4 is 5.73 Å². The molecule has 0 spiro atoms. The molecule has 0 radical (unpaired) electrons. The molecule has 84 valence electrons. The fourth-order valence-electron chi connectivity index (χ4n) is 3.35. The summed E-state index contributed by atoms with van der Waals surface area (Å²) in [6, 6.07) is 0.199. The minimum atomic E-state index is 0.199. The molecule has 0 aromatic heterocycles. The second-order valence-corrected chi connectivity index (χ2v) is 5.81. The van der Waals surface area contributed by atoms with Crippen LogP contribution in [0.25, 0.3) is 0 Å². The zero-order valence-corrected chi connectivity index (χ0v) is 9.36. The van der Waals surface area contributed by atoms with Crippen LogP contribution in [0.4, 0.5) is 0 Å². The van der Waals surface area contributed by atoms with E-state index >= 15 is 0 Å². The van der Waals surface area contributed by atoms with E-state index < -0.39 is 0 Å². The van der Waals surface area contributed by atoms with E-state index in [9.17, 15) is 4.79 Å². The molecule has 3 aliphatic rings. The van der Waals surface area contributed by atoms with Crippen LogP contribution in [0.15, 0.2) is 0 Å². The lowest BCUT2D eigenvalue weighted by molar-refractivity contribution is -0.134. The zero-order chi connectivity index (χ0) is 10.6. The summed E-state index contributed by atoms with van der Waals surface area (Å²) >= 11 is 0. The predicted molar refractivity (Wildman–Crippen MR) is 58.0 cm³/mol. The Morgan fingerprint density at radius 1 is 1.20 bits per heavy atom. The maximum atomic E-state index is 12.2. The topological polar surface area (TPSA) is 46.3 Å². The van der Waals surface area contributed by atoms with Crippen LogP contribution in [0.5, 0.6) is 0 Å². The number of carbonyl (C=O) groups excluding carboxylic acids is 1. The quantitative estimate of drug-likeness (QED) is 0.694. The van der Waals surface area contributed by atoms with Crippen molar-refractivity contribution in [1.82, 2.24) is 4.90 Å². The van der Waals surface area contributed by atoms with E-state index in [1.165, 1.54) is 6.42 Å². The SMILES string of the molecule is CC1CN(C(=O)C2CC3CC3C2)CC1N. The second-order valence-electron chi connectivity index (χ2n) is 5.81. The van der Waals surface area contributed by atoms with E-state index in [1.807, 2.05) is 4.90 Å². The molecule has 1 saturated heterocycles. The van der Waals surface area contributed by atoms with Gasteiger partial charge in [-0.2, -0.15) is 0 Å². The first-order valence-corrected chi connectivity index (χ1v) is 6.19. The number of rotatable bonds is 1. The summed E-state index contributed by atoms with van der Waals surface area (Å²) in [5.41, 5.74) is 5.95. The van der Waals surface area contributed by atoms with E-state index in [1.54, 1.807) is 0 Å². The number of hydrogen-bond donors (Lipinski definition) is 1. The molecule has 2 saturated carbocycles. The molecular weight excluding hydrogens is 188 g/mol. The van der Waals surface area contributed by atoms with Gasteiger partial charge in [0.05, 0.1) is 0 Å². The van der Waals surface area contributed by atoms with Crippen molar-refractivity contribution in [1.29, 1.82) is 0 Å². The average Bonchev–Trinajstić information content (AvgIpc) is 2.66. The molecule has 0 aromatic carbocycles. The highest BCUT2D eigenvalue weighted by molar-refractivity contribution is 5.79. The van der Waals surface area contributed by atoms with Crippen LogP contribution in [0.3, 0.4) is 0 Å². The van der Waals surface area contributed by atoms with Gasteiger partial charge in [-0.1, -0.05) is 6.92 Å². The van der Waals surface area contributed by atoms with Crippen molar-refractivity contribution in [2.75, 3.05) is 13.1 Å². The van der Waals surface area contributed by atoms with Gasteiger partial charge in [0.2, 0.25) is 5.91 Å². The second kappa shape index (κ2) is 3.21. The van der Waals surface area contributed by atoms with Crippen molar-refractivity contribution in [2.24, 2.45) is 29.4 Å². The first-order valence-electron chi connectivity index (χ1n) is 6.19. The summed E-state index contributed by atoms with van der Waals surface area (Å²) in [6.07, 6.45) is 3.70. The summed E-state index contributed by atoms with van der Waals surface area (Å²) in [6.45, 7) is 3.81. The van der Waals surface area contributed by atoms with Gasteiger partial charge in [0, 0.05) is 25.0 Å². The molecule has 1 heterocycles. The summed E-state index contributed by atoms with van der Waals surface area (Å²) in [5.74, 6) is 3.00. The number of amides is 1. The normalized spacial score (nSPS) is 48.1. The Balaban J connectivity index is 1.60. The van der Waals surface area contributed by atoms with Gasteiger partial charge < -0.3 is 10.6 Å². The summed E-state index contributed by atoms with van der Waals surface area (Å²) in [4.78, 5) is 14.2. The molecule has 0 bridgehead atoms. The van der Waals surface area contributed by atoms with E-state index in [2.05, 4.69) is 6.92 Å². The molecule has 3 rings (SSSR count). The van der Waals surface area contributed by atoms with Gasteiger partial charge in [-0.05, 0) is 37.0 Å². The maximum absolute atomic E-state index is 12.2. The van der Waals surface area contributed by atoms with Crippen molar-refractivity contribution in [2.45, 2.75) is 32.2 Å². The molecule has 0 aromatic rings. The summed E-state index contributed by atoms with van der Waals surface area (Å²) in [5, 5.41) is 0. The Labute approximate surface area is 91.0 Å². The van der Waals surface area contributed by atoms with E-state index in [0.29, 0.717) is 17.7 Å². The highest BCUT2D eigenvalue weighted by atomic mass is 16.2. The monoisotopic (exact) mass is 208 g/mol. The molecule has 2 N–H and O–H groups in total. The molecule has 3 fully saturated rings. The molecule has 3 heteroatoms. The smallest absolute Gasteiger partial charge is 0.225 e. The van der Waals surface area contributed by atoms with Gasteiger partial charge >= 0.3 is 0 Å². The van der Waals surface area contributed by atoms with Crippen molar-refractivity contribution in [3.8, 4) is 0 Å². The van der Waals surface area contributed by atoms with E-state index in [0.717, 1.165) is 37.8 Å². The van der Waals surface area contributed by atoms with Crippen LogP contribution in [-0.2, 0) is 4.79 Å². The van der Waals surface area contributed by atoms with Crippen LogP contribution in [0.1, 0.15) is 26.2 Å². The molecule has 3 nitrogen and oxygen atoms in total. The third-order valence-corrected chi connectivity index (χ3v) is 4.57. The van der Waals surface area contributed by atoms with Gasteiger partial charge in [-0.25, -0.2) is 0 Å². The lowest BCUT2D eigenvalue weighted by Gasteiger charge is -2.21. The fourth-order valence-corrected chi connectivity index (χ4v) is 3.35. The minimum absolute atomic E-state index is 0.199. The predicted octanol–water partition coefficient (Wildman–Crippen LogP) is 0.838. The van der Waals surface area contributed by atoms with E-state index in [-0.39, 0.29) is 6.04 Å². The van der Waals surface area contributed by atoms with Crippen LogP contribution in [0, 0.1) is 23.7 Å². The number of nitrogens with zero attached hydrogens (tertiary/aromatic N) is 1. The number of nitrogens with two attached hydrogens (primary N) is 1. The van der Waals surface area contributed by atoms with Gasteiger partial charge in [-0.3, -0.25) is 4.79 Å². The standard InChI is InChI=1S/C12H20N2O/c1-7-5-14(6-11(7)13)12(15)10-3-8-2-9(8)4-10/h7-11H,2-6,13H2,1H3. The summed E-state index contributed by atoms with van der Waals surface area (Å²) < 4.78 is 0. The Hall–Kier alpha value is -0.570. The Morgan fingerprint density at radius 2 is 1.87 bits per heavy atom. The molecule has 4 atom stereocenters. The molecule has 2 aliphatic carbocycles. The highest BCUT2D eigenvalue weighted by Crippen LogP contribution is 2.54. The molecule has 4 unspecified atom stereocenters. The Bertz CT molecular complexity index is 271. The first kappa shape index (κ1) is 9.64. The zero-order valence-electron chi connectivity index (χ0n) is 9.36. The molecule has 15 heavy (non-hydrogen) atoms. The van der Waals surface area contributed by atoms with Gasteiger partial charge in [-0.15, -0.1) is 0 Å². The van der Waals surface area contributed by atoms with Crippen molar-refractivity contribution in [3.63, 3.8) is 0 Å². The Kier molecular flexibility index (Phi) is 2.06.